The van der Waals surface area contributed by atoms with Crippen molar-refractivity contribution < 1.29 is 9.26 Å². The van der Waals surface area contributed by atoms with Gasteiger partial charge in [-0.05, 0) is 41.1 Å². The molecule has 2 aromatic rings. The second kappa shape index (κ2) is 4.06. The lowest BCUT2D eigenvalue weighted by Gasteiger charge is -2.03. The lowest BCUT2D eigenvalue weighted by atomic mass is 10.1. The highest BCUT2D eigenvalue weighted by atomic mass is 79.9. The molecule has 0 unspecified atom stereocenters. The molecule has 1 aromatic carbocycles. The topological polar surface area (TPSA) is 35.3 Å². The first-order chi connectivity index (χ1) is 7.20. The van der Waals surface area contributed by atoms with Gasteiger partial charge in [-0.15, -0.1) is 0 Å². The van der Waals surface area contributed by atoms with Crippen LogP contribution in [0.4, 0.5) is 0 Å². The first-order valence-corrected chi connectivity index (χ1v) is 5.27. The monoisotopic (exact) mass is 267 g/mol. The summed E-state index contributed by atoms with van der Waals surface area (Å²) in [6, 6.07) is 7.61. The average Bonchev–Trinajstić information content (AvgIpc) is 2.64. The molecule has 2 rings (SSSR count). The number of hydrogen-bond donors (Lipinski definition) is 0. The zero-order valence-corrected chi connectivity index (χ0v) is 10.0. The summed E-state index contributed by atoms with van der Waals surface area (Å²) >= 11 is 3.47. The molecule has 15 heavy (non-hydrogen) atoms. The maximum Gasteiger partial charge on any atom is 0.168 e. The standard InChI is InChI=1S/C11H10BrNO2/c1-7-5-11(15-13-7)9-4-3-8(14-2)6-10(9)12/h3-6H,1-2H3. The molecule has 0 aliphatic heterocycles. The van der Waals surface area contributed by atoms with Crippen molar-refractivity contribution in [1.82, 2.24) is 5.16 Å². The fourth-order valence-electron chi connectivity index (χ4n) is 1.31. The van der Waals surface area contributed by atoms with Crippen molar-refractivity contribution in [3.05, 3.63) is 34.4 Å². The number of hydrogen-bond acceptors (Lipinski definition) is 3. The van der Waals surface area contributed by atoms with Gasteiger partial charge in [-0.2, -0.15) is 0 Å². The van der Waals surface area contributed by atoms with Gasteiger partial charge in [-0.3, -0.25) is 0 Å². The van der Waals surface area contributed by atoms with E-state index in [1.807, 2.05) is 31.2 Å². The third-order valence-electron chi connectivity index (χ3n) is 2.07. The molecule has 0 bridgehead atoms. The molecule has 3 nitrogen and oxygen atoms in total. The Kier molecular flexibility index (Phi) is 2.77. The van der Waals surface area contributed by atoms with Crippen LogP contribution in [-0.2, 0) is 0 Å². The molecule has 0 radical (unpaired) electrons. The molecule has 1 heterocycles. The van der Waals surface area contributed by atoms with Crippen molar-refractivity contribution in [3.8, 4) is 17.1 Å². The van der Waals surface area contributed by atoms with E-state index in [9.17, 15) is 0 Å². The van der Waals surface area contributed by atoms with Crippen LogP contribution in [0.5, 0.6) is 5.75 Å². The van der Waals surface area contributed by atoms with E-state index in [0.29, 0.717) is 0 Å². The number of ether oxygens (including phenoxy) is 1. The molecule has 0 N–H and O–H groups in total. The van der Waals surface area contributed by atoms with Crippen LogP contribution in [0, 0.1) is 6.92 Å². The van der Waals surface area contributed by atoms with E-state index < -0.39 is 0 Å². The Morgan fingerprint density at radius 2 is 2.13 bits per heavy atom. The van der Waals surface area contributed by atoms with E-state index in [1.165, 1.54) is 0 Å². The van der Waals surface area contributed by atoms with Crippen LogP contribution >= 0.6 is 15.9 Å². The Morgan fingerprint density at radius 1 is 1.33 bits per heavy atom. The summed E-state index contributed by atoms with van der Waals surface area (Å²) in [6.45, 7) is 1.89. The molecule has 0 saturated carbocycles. The van der Waals surface area contributed by atoms with Crippen molar-refractivity contribution in [1.29, 1.82) is 0 Å². The van der Waals surface area contributed by atoms with E-state index in [0.717, 1.165) is 27.2 Å². The zero-order chi connectivity index (χ0) is 10.8. The van der Waals surface area contributed by atoms with E-state index in [1.54, 1.807) is 7.11 Å². The van der Waals surface area contributed by atoms with Crippen LogP contribution < -0.4 is 4.74 Å². The number of aryl methyl sites for hydroxylation is 1. The van der Waals surface area contributed by atoms with Gasteiger partial charge in [0.15, 0.2) is 5.76 Å². The highest BCUT2D eigenvalue weighted by molar-refractivity contribution is 9.10. The quantitative estimate of drug-likeness (QED) is 0.837. The molecule has 78 valence electrons. The fourth-order valence-corrected chi connectivity index (χ4v) is 1.87. The first-order valence-electron chi connectivity index (χ1n) is 4.48. The van der Waals surface area contributed by atoms with Crippen molar-refractivity contribution in [2.75, 3.05) is 7.11 Å². The molecular weight excluding hydrogens is 258 g/mol. The third kappa shape index (κ3) is 2.04. The van der Waals surface area contributed by atoms with Gasteiger partial charge in [-0.25, -0.2) is 0 Å². The van der Waals surface area contributed by atoms with Crippen molar-refractivity contribution in [3.63, 3.8) is 0 Å². The second-order valence-corrected chi connectivity index (χ2v) is 4.03. The van der Waals surface area contributed by atoms with Crippen LogP contribution in [-0.4, -0.2) is 12.3 Å². The predicted octanol–water partition coefficient (Wildman–Crippen LogP) is 3.42. The van der Waals surface area contributed by atoms with Gasteiger partial charge in [0.1, 0.15) is 5.75 Å². The minimum Gasteiger partial charge on any atom is -0.497 e. The maximum absolute atomic E-state index is 5.18. The molecule has 0 atom stereocenters. The van der Waals surface area contributed by atoms with E-state index in [-0.39, 0.29) is 0 Å². The van der Waals surface area contributed by atoms with Crippen molar-refractivity contribution in [2.45, 2.75) is 6.92 Å². The summed E-state index contributed by atoms with van der Waals surface area (Å²) in [6.07, 6.45) is 0. The SMILES string of the molecule is COc1ccc(-c2cc(C)no2)c(Br)c1. The zero-order valence-electron chi connectivity index (χ0n) is 8.45. The van der Waals surface area contributed by atoms with Crippen molar-refractivity contribution >= 4 is 15.9 Å². The Balaban J connectivity index is 2.45. The van der Waals surface area contributed by atoms with Crippen molar-refractivity contribution in [2.24, 2.45) is 0 Å². The third-order valence-corrected chi connectivity index (χ3v) is 2.73. The Labute approximate surface area is 96.2 Å². The van der Waals surface area contributed by atoms with Gasteiger partial charge >= 0.3 is 0 Å². The number of rotatable bonds is 2. The Hall–Kier alpha value is -1.29. The van der Waals surface area contributed by atoms with E-state index in [4.69, 9.17) is 9.26 Å². The van der Waals surface area contributed by atoms with Crippen LogP contribution in [0.2, 0.25) is 0 Å². The van der Waals surface area contributed by atoms with Crippen LogP contribution in [0.25, 0.3) is 11.3 Å². The fraction of sp³-hybridized carbons (Fsp3) is 0.182. The van der Waals surface area contributed by atoms with Crippen LogP contribution in [0.15, 0.2) is 33.3 Å². The van der Waals surface area contributed by atoms with Gasteiger partial charge in [0.25, 0.3) is 0 Å². The number of methoxy groups -OCH3 is 1. The molecule has 0 saturated heterocycles. The highest BCUT2D eigenvalue weighted by Crippen LogP contribution is 2.31. The summed E-state index contributed by atoms with van der Waals surface area (Å²) in [5.41, 5.74) is 1.84. The Morgan fingerprint density at radius 3 is 2.67 bits per heavy atom. The number of aromatic nitrogens is 1. The van der Waals surface area contributed by atoms with E-state index >= 15 is 0 Å². The summed E-state index contributed by atoms with van der Waals surface area (Å²) in [7, 11) is 1.64. The first kappa shape index (κ1) is 10.2. The lowest BCUT2D eigenvalue weighted by molar-refractivity contribution is 0.414. The molecule has 0 spiro atoms. The van der Waals surface area contributed by atoms with Gasteiger partial charge < -0.3 is 9.26 Å². The number of benzene rings is 1. The molecule has 0 amide bonds. The smallest absolute Gasteiger partial charge is 0.168 e. The van der Waals surface area contributed by atoms with Gasteiger partial charge in [0.05, 0.1) is 12.8 Å². The second-order valence-electron chi connectivity index (χ2n) is 3.18. The molecule has 4 heteroatoms. The number of halogens is 1. The highest BCUT2D eigenvalue weighted by Gasteiger charge is 2.08. The molecule has 0 fully saturated rings. The number of nitrogens with zero attached hydrogens (tertiary/aromatic N) is 1. The summed E-state index contributed by atoms with van der Waals surface area (Å²) in [4.78, 5) is 0. The summed E-state index contributed by atoms with van der Waals surface area (Å²) in [5, 5.41) is 3.85. The van der Waals surface area contributed by atoms with Gasteiger partial charge in [-0.1, -0.05) is 5.16 Å². The predicted molar refractivity (Wildman–Crippen MR) is 60.9 cm³/mol. The molecule has 1 aromatic heterocycles. The molecule has 0 aliphatic rings. The Bertz CT molecular complexity index is 479. The lowest BCUT2D eigenvalue weighted by Crippen LogP contribution is -1.83. The van der Waals surface area contributed by atoms with Gasteiger partial charge in [0.2, 0.25) is 0 Å². The minimum absolute atomic E-state index is 0.752. The maximum atomic E-state index is 5.18. The molecule has 0 aliphatic carbocycles. The van der Waals surface area contributed by atoms with Gasteiger partial charge in [0, 0.05) is 16.1 Å². The average molecular weight is 268 g/mol. The molecular formula is C11H10BrNO2. The minimum atomic E-state index is 0.752. The largest absolute Gasteiger partial charge is 0.497 e. The van der Waals surface area contributed by atoms with Crippen LogP contribution in [0.1, 0.15) is 5.69 Å². The summed E-state index contributed by atoms with van der Waals surface area (Å²) in [5.74, 6) is 1.56. The van der Waals surface area contributed by atoms with E-state index in [2.05, 4.69) is 21.1 Å². The van der Waals surface area contributed by atoms with Crippen LogP contribution in [0.3, 0.4) is 0 Å². The normalized spacial score (nSPS) is 10.3. The summed E-state index contributed by atoms with van der Waals surface area (Å²) < 4.78 is 11.2.